The molecule has 0 radical (unpaired) electrons. The van der Waals surface area contributed by atoms with Crippen LogP contribution >= 0.6 is 0 Å². The largest absolute Gasteiger partial charge is 0.354 e. The van der Waals surface area contributed by atoms with Crippen LogP contribution in [0, 0.1) is 6.92 Å². The fraction of sp³-hybridized carbons (Fsp3) is 0.318. The molecule has 31 heavy (non-hydrogen) atoms. The Labute approximate surface area is 181 Å². The van der Waals surface area contributed by atoms with Gasteiger partial charge in [0.25, 0.3) is 0 Å². The first-order valence-corrected chi connectivity index (χ1v) is 12.2. The molecule has 160 valence electrons. The summed E-state index contributed by atoms with van der Waals surface area (Å²) in [6.45, 7) is 5.06. The van der Waals surface area contributed by atoms with Gasteiger partial charge in [-0.25, -0.2) is 22.6 Å². The Hall–Kier alpha value is -3.20. The Kier molecular flexibility index (Phi) is 4.77. The predicted molar refractivity (Wildman–Crippen MR) is 121 cm³/mol. The van der Waals surface area contributed by atoms with E-state index in [4.69, 9.17) is 4.98 Å². The van der Waals surface area contributed by atoms with Crippen molar-refractivity contribution in [3.63, 3.8) is 0 Å². The molecule has 9 heteroatoms. The zero-order chi connectivity index (χ0) is 21.6. The molecule has 4 aromatic rings. The highest BCUT2D eigenvalue weighted by Crippen LogP contribution is 2.30. The first kappa shape index (κ1) is 19.7. The van der Waals surface area contributed by atoms with Crippen LogP contribution in [-0.2, 0) is 16.3 Å². The van der Waals surface area contributed by atoms with E-state index in [2.05, 4.69) is 22.0 Å². The molecule has 1 fully saturated rings. The van der Waals surface area contributed by atoms with Crippen molar-refractivity contribution < 1.29 is 8.42 Å². The van der Waals surface area contributed by atoms with E-state index in [0.29, 0.717) is 13.1 Å². The summed E-state index contributed by atoms with van der Waals surface area (Å²) >= 11 is 0. The minimum atomic E-state index is -2.96. The van der Waals surface area contributed by atoms with Crippen LogP contribution in [0.1, 0.15) is 18.2 Å². The fourth-order valence-electron chi connectivity index (χ4n) is 4.15. The Balaban J connectivity index is 1.60. The molecular weight excluding hydrogens is 412 g/mol. The lowest BCUT2D eigenvalue weighted by Crippen LogP contribution is -2.41. The molecule has 1 aromatic carbocycles. The van der Waals surface area contributed by atoms with Crippen molar-refractivity contribution in [1.29, 1.82) is 0 Å². The first-order valence-electron chi connectivity index (χ1n) is 10.4. The number of anilines is 1. The number of benzene rings is 1. The molecular formula is C22H24N6O2S. The van der Waals surface area contributed by atoms with Gasteiger partial charge < -0.3 is 4.90 Å². The van der Waals surface area contributed by atoms with Gasteiger partial charge in [0.15, 0.2) is 15.5 Å². The van der Waals surface area contributed by atoms with Gasteiger partial charge in [-0.3, -0.25) is 0 Å². The highest BCUT2D eigenvalue weighted by molar-refractivity contribution is 7.91. The van der Waals surface area contributed by atoms with Crippen molar-refractivity contribution in [1.82, 2.24) is 24.4 Å². The quantitative estimate of drug-likeness (QED) is 0.489. The number of aryl methyl sites for hydroxylation is 1. The van der Waals surface area contributed by atoms with Crippen molar-refractivity contribution in [3.8, 4) is 16.8 Å². The van der Waals surface area contributed by atoms with Gasteiger partial charge in [0.2, 0.25) is 0 Å². The van der Waals surface area contributed by atoms with Crippen molar-refractivity contribution in [2.75, 3.05) is 29.5 Å². The highest BCUT2D eigenvalue weighted by Gasteiger charge is 2.26. The third-order valence-corrected chi connectivity index (χ3v) is 7.48. The Morgan fingerprint density at radius 3 is 2.48 bits per heavy atom. The molecule has 1 aliphatic heterocycles. The van der Waals surface area contributed by atoms with E-state index >= 15 is 0 Å². The van der Waals surface area contributed by atoms with Crippen LogP contribution < -0.4 is 4.90 Å². The molecule has 0 amide bonds. The fourth-order valence-corrected chi connectivity index (χ4v) is 5.35. The minimum Gasteiger partial charge on any atom is -0.354 e. The van der Waals surface area contributed by atoms with Crippen LogP contribution in [0.2, 0.25) is 0 Å². The van der Waals surface area contributed by atoms with Crippen LogP contribution in [0.25, 0.3) is 22.5 Å². The molecule has 1 aliphatic rings. The monoisotopic (exact) mass is 436 g/mol. The average molecular weight is 437 g/mol. The van der Waals surface area contributed by atoms with Crippen LogP contribution in [0.5, 0.6) is 0 Å². The van der Waals surface area contributed by atoms with Gasteiger partial charge >= 0.3 is 0 Å². The summed E-state index contributed by atoms with van der Waals surface area (Å²) in [6.07, 6.45) is 6.43. The third kappa shape index (κ3) is 3.48. The predicted octanol–water partition coefficient (Wildman–Crippen LogP) is 2.69. The van der Waals surface area contributed by atoms with E-state index in [1.54, 1.807) is 0 Å². The number of hydrogen-bond acceptors (Lipinski definition) is 6. The normalized spacial score (nSPS) is 16.1. The molecule has 0 atom stereocenters. The zero-order valence-corrected chi connectivity index (χ0v) is 18.4. The van der Waals surface area contributed by atoms with Gasteiger partial charge in [-0.15, -0.1) is 0 Å². The maximum Gasteiger partial charge on any atom is 0.165 e. The average Bonchev–Trinajstić information content (AvgIpc) is 3.41. The smallest absolute Gasteiger partial charge is 0.165 e. The first-order chi connectivity index (χ1) is 15.0. The molecule has 3 aromatic heterocycles. The van der Waals surface area contributed by atoms with E-state index in [9.17, 15) is 8.42 Å². The molecule has 1 saturated heterocycles. The second-order valence-electron chi connectivity index (χ2n) is 7.80. The van der Waals surface area contributed by atoms with Gasteiger partial charge in [-0.1, -0.05) is 25.1 Å². The van der Waals surface area contributed by atoms with Crippen molar-refractivity contribution in [3.05, 3.63) is 60.2 Å². The van der Waals surface area contributed by atoms with Gasteiger partial charge in [0, 0.05) is 36.0 Å². The molecule has 0 bridgehead atoms. The molecule has 0 unspecified atom stereocenters. The van der Waals surface area contributed by atoms with Gasteiger partial charge in [0.1, 0.15) is 5.82 Å². The summed E-state index contributed by atoms with van der Waals surface area (Å²) in [5.74, 6) is 1.17. The number of rotatable bonds is 4. The molecule has 8 nitrogen and oxygen atoms in total. The number of aromatic nitrogens is 5. The summed E-state index contributed by atoms with van der Waals surface area (Å²) in [4.78, 5) is 7.05. The van der Waals surface area contributed by atoms with Gasteiger partial charge in [0.05, 0.1) is 35.3 Å². The second kappa shape index (κ2) is 7.49. The zero-order valence-electron chi connectivity index (χ0n) is 17.6. The number of para-hydroxylation sites is 1. The molecule has 0 saturated carbocycles. The van der Waals surface area contributed by atoms with Crippen molar-refractivity contribution >= 4 is 21.3 Å². The van der Waals surface area contributed by atoms with Gasteiger partial charge in [-0.2, -0.15) is 10.2 Å². The summed E-state index contributed by atoms with van der Waals surface area (Å²) in [5, 5.41) is 9.13. The molecule has 0 spiro atoms. The Morgan fingerprint density at radius 2 is 1.77 bits per heavy atom. The molecule has 0 aliphatic carbocycles. The molecule has 4 heterocycles. The van der Waals surface area contributed by atoms with Crippen molar-refractivity contribution in [2.45, 2.75) is 20.3 Å². The van der Waals surface area contributed by atoms with E-state index in [1.165, 1.54) is 0 Å². The van der Waals surface area contributed by atoms with E-state index in [0.717, 1.165) is 46.0 Å². The SMILES string of the molecule is CCc1c(C)c(N2CCS(=O)(=O)CC2)nc2c(-c3cnn(-c4ccccc4)c3)cnn12. The second-order valence-corrected chi connectivity index (χ2v) is 10.1. The number of nitrogens with zero attached hydrogens (tertiary/aromatic N) is 6. The highest BCUT2D eigenvalue weighted by atomic mass is 32.2. The maximum absolute atomic E-state index is 11.9. The lowest BCUT2D eigenvalue weighted by atomic mass is 10.1. The standard InChI is InChI=1S/C22H24N6O2S/c1-3-20-16(2)21(26-9-11-31(29,30)12-10-26)25-22-19(14-24-28(20)22)17-13-23-27(15-17)18-7-5-4-6-8-18/h4-8,13-15H,3,9-12H2,1-2H3. The van der Waals surface area contributed by atoms with Gasteiger partial charge in [-0.05, 0) is 25.5 Å². The summed E-state index contributed by atoms with van der Waals surface area (Å²) in [7, 11) is -2.96. The Morgan fingerprint density at radius 1 is 1.03 bits per heavy atom. The van der Waals surface area contributed by atoms with Crippen molar-refractivity contribution in [2.24, 2.45) is 0 Å². The van der Waals surface area contributed by atoms with E-state index < -0.39 is 9.84 Å². The van der Waals surface area contributed by atoms with E-state index in [-0.39, 0.29) is 11.5 Å². The minimum absolute atomic E-state index is 0.163. The van der Waals surface area contributed by atoms with Crippen LogP contribution in [0.15, 0.2) is 48.9 Å². The maximum atomic E-state index is 11.9. The number of sulfone groups is 1. The third-order valence-electron chi connectivity index (χ3n) is 5.87. The van der Waals surface area contributed by atoms with Crippen LogP contribution in [0.3, 0.4) is 0 Å². The summed E-state index contributed by atoms with van der Waals surface area (Å²) in [6, 6.07) is 9.95. The molecule has 5 rings (SSSR count). The molecule has 0 N–H and O–H groups in total. The number of hydrogen-bond donors (Lipinski definition) is 0. The summed E-state index contributed by atoms with van der Waals surface area (Å²) < 4.78 is 27.5. The Bertz CT molecular complexity index is 1340. The number of fused-ring (bicyclic) bond motifs is 1. The topological polar surface area (TPSA) is 85.4 Å². The lowest BCUT2D eigenvalue weighted by Gasteiger charge is -2.29. The van der Waals surface area contributed by atoms with Crippen LogP contribution in [0.4, 0.5) is 5.82 Å². The van der Waals surface area contributed by atoms with Crippen LogP contribution in [-0.4, -0.2) is 57.4 Å². The summed E-state index contributed by atoms with van der Waals surface area (Å²) in [5.41, 5.74) is 5.71. The van der Waals surface area contributed by atoms with E-state index in [1.807, 2.05) is 65.0 Å². The lowest BCUT2D eigenvalue weighted by molar-refractivity contribution is 0.586.